The van der Waals surface area contributed by atoms with Crippen LogP contribution in [-0.4, -0.2) is 15.0 Å². The van der Waals surface area contributed by atoms with E-state index in [0.717, 1.165) is 5.56 Å². The molecule has 0 aliphatic heterocycles. The van der Waals surface area contributed by atoms with Crippen LogP contribution in [0.1, 0.15) is 19.4 Å². The summed E-state index contributed by atoms with van der Waals surface area (Å²) < 4.78 is 27.3. The SMILES string of the molecule is CC(C)(CNS(=O)(=O)c1ccccc1Cl)c1ccccc1. The monoisotopic (exact) mass is 323 g/mol. The van der Waals surface area contributed by atoms with Gasteiger partial charge in [-0.2, -0.15) is 0 Å². The molecular formula is C16H18ClNO2S. The van der Waals surface area contributed by atoms with Crippen molar-refractivity contribution in [1.29, 1.82) is 0 Å². The van der Waals surface area contributed by atoms with E-state index in [9.17, 15) is 8.42 Å². The Bertz CT molecular complexity index is 712. The Kier molecular flexibility index (Phi) is 4.71. The second-order valence-electron chi connectivity index (χ2n) is 5.50. The van der Waals surface area contributed by atoms with Gasteiger partial charge in [0.1, 0.15) is 4.90 Å². The molecular weight excluding hydrogens is 306 g/mol. The van der Waals surface area contributed by atoms with Crippen molar-refractivity contribution >= 4 is 21.6 Å². The lowest BCUT2D eigenvalue weighted by Gasteiger charge is -2.25. The van der Waals surface area contributed by atoms with Crippen LogP contribution in [0, 0.1) is 0 Å². The number of halogens is 1. The first kappa shape index (κ1) is 16.0. The Hall–Kier alpha value is -1.36. The summed E-state index contributed by atoms with van der Waals surface area (Å²) in [5, 5.41) is 0.225. The molecule has 2 aromatic carbocycles. The zero-order valence-corrected chi connectivity index (χ0v) is 13.6. The largest absolute Gasteiger partial charge is 0.242 e. The van der Waals surface area contributed by atoms with Gasteiger partial charge in [0.2, 0.25) is 10.0 Å². The smallest absolute Gasteiger partial charge is 0.210 e. The van der Waals surface area contributed by atoms with Crippen LogP contribution in [0.5, 0.6) is 0 Å². The van der Waals surface area contributed by atoms with Gasteiger partial charge in [-0.15, -0.1) is 0 Å². The van der Waals surface area contributed by atoms with Crippen molar-refractivity contribution in [3.05, 3.63) is 65.2 Å². The molecule has 3 nitrogen and oxygen atoms in total. The van der Waals surface area contributed by atoms with Crippen LogP contribution in [0.15, 0.2) is 59.5 Å². The second-order valence-corrected chi connectivity index (χ2v) is 7.65. The van der Waals surface area contributed by atoms with Gasteiger partial charge in [0.25, 0.3) is 0 Å². The lowest BCUT2D eigenvalue weighted by molar-refractivity contribution is 0.501. The average Bonchev–Trinajstić information content (AvgIpc) is 2.47. The summed E-state index contributed by atoms with van der Waals surface area (Å²) in [6, 6.07) is 16.2. The summed E-state index contributed by atoms with van der Waals surface area (Å²) in [5.74, 6) is 0. The molecule has 5 heteroatoms. The maximum atomic E-state index is 12.3. The Labute approximate surface area is 131 Å². The topological polar surface area (TPSA) is 46.2 Å². The standard InChI is InChI=1S/C16H18ClNO2S/c1-16(2,13-8-4-3-5-9-13)12-18-21(19,20)15-11-7-6-10-14(15)17/h3-11,18H,12H2,1-2H3. The Morgan fingerprint density at radius 2 is 1.57 bits per heavy atom. The molecule has 0 unspecified atom stereocenters. The highest BCUT2D eigenvalue weighted by atomic mass is 35.5. The molecule has 0 amide bonds. The van der Waals surface area contributed by atoms with Gasteiger partial charge in [-0.05, 0) is 17.7 Å². The molecule has 0 aromatic heterocycles. The molecule has 2 rings (SSSR count). The number of sulfonamides is 1. The minimum absolute atomic E-state index is 0.107. The van der Waals surface area contributed by atoms with Crippen LogP contribution in [0.4, 0.5) is 0 Å². The van der Waals surface area contributed by atoms with E-state index in [-0.39, 0.29) is 15.3 Å². The van der Waals surface area contributed by atoms with Crippen molar-refractivity contribution in [2.75, 3.05) is 6.54 Å². The molecule has 0 saturated heterocycles. The molecule has 0 atom stereocenters. The summed E-state index contributed by atoms with van der Waals surface area (Å²) >= 11 is 5.96. The summed E-state index contributed by atoms with van der Waals surface area (Å²) in [6.45, 7) is 4.29. The third-order valence-corrected chi connectivity index (χ3v) is 5.29. The Balaban J connectivity index is 2.18. The Morgan fingerprint density at radius 3 is 2.19 bits per heavy atom. The summed E-state index contributed by atoms with van der Waals surface area (Å²) in [4.78, 5) is 0.107. The molecule has 0 aliphatic rings. The first-order valence-corrected chi connectivity index (χ1v) is 8.49. The summed E-state index contributed by atoms with van der Waals surface area (Å²) in [6.07, 6.45) is 0. The van der Waals surface area contributed by atoms with Crippen LogP contribution < -0.4 is 4.72 Å². The third-order valence-electron chi connectivity index (χ3n) is 3.39. The molecule has 0 saturated carbocycles. The van der Waals surface area contributed by atoms with Gasteiger partial charge in [0.05, 0.1) is 5.02 Å². The van der Waals surface area contributed by atoms with E-state index in [4.69, 9.17) is 11.6 Å². The first-order valence-electron chi connectivity index (χ1n) is 6.63. The third kappa shape index (κ3) is 3.84. The fourth-order valence-corrected chi connectivity index (χ4v) is 3.74. The lowest BCUT2D eigenvalue weighted by atomic mass is 9.85. The predicted octanol–water partition coefficient (Wildman–Crippen LogP) is 3.60. The van der Waals surface area contributed by atoms with Gasteiger partial charge in [-0.25, -0.2) is 13.1 Å². The molecule has 0 aliphatic carbocycles. The number of rotatable bonds is 5. The van der Waals surface area contributed by atoms with Crippen molar-refractivity contribution in [2.45, 2.75) is 24.2 Å². The van der Waals surface area contributed by atoms with E-state index in [1.807, 2.05) is 44.2 Å². The highest BCUT2D eigenvalue weighted by molar-refractivity contribution is 7.89. The zero-order valence-electron chi connectivity index (χ0n) is 12.0. The molecule has 21 heavy (non-hydrogen) atoms. The molecule has 1 N–H and O–H groups in total. The van der Waals surface area contributed by atoms with E-state index < -0.39 is 10.0 Å². The maximum absolute atomic E-state index is 12.3. The first-order chi connectivity index (χ1) is 9.83. The average molecular weight is 324 g/mol. The highest BCUT2D eigenvalue weighted by Crippen LogP contribution is 2.24. The van der Waals surface area contributed by atoms with Gasteiger partial charge in [-0.1, -0.05) is 67.9 Å². The van der Waals surface area contributed by atoms with Gasteiger partial charge >= 0.3 is 0 Å². The number of hydrogen-bond acceptors (Lipinski definition) is 2. The second kappa shape index (κ2) is 6.18. The van der Waals surface area contributed by atoms with Crippen molar-refractivity contribution < 1.29 is 8.42 Å². The number of hydrogen-bond donors (Lipinski definition) is 1. The molecule has 0 radical (unpaired) electrons. The minimum atomic E-state index is -3.61. The molecule has 0 bridgehead atoms. The zero-order chi connectivity index (χ0) is 15.5. The van der Waals surface area contributed by atoms with Crippen LogP contribution >= 0.6 is 11.6 Å². The fraction of sp³-hybridized carbons (Fsp3) is 0.250. The minimum Gasteiger partial charge on any atom is -0.210 e. The van der Waals surface area contributed by atoms with Crippen molar-refractivity contribution in [3.8, 4) is 0 Å². The van der Waals surface area contributed by atoms with E-state index in [1.165, 1.54) is 6.07 Å². The molecule has 2 aromatic rings. The maximum Gasteiger partial charge on any atom is 0.242 e. The van der Waals surface area contributed by atoms with Crippen LogP contribution in [-0.2, 0) is 15.4 Å². The highest BCUT2D eigenvalue weighted by Gasteiger charge is 2.25. The number of nitrogens with one attached hydrogen (secondary N) is 1. The number of benzene rings is 2. The summed E-state index contributed by atoms with van der Waals surface area (Å²) in [7, 11) is -3.61. The van der Waals surface area contributed by atoms with Crippen molar-refractivity contribution in [3.63, 3.8) is 0 Å². The Morgan fingerprint density at radius 1 is 1.00 bits per heavy atom. The predicted molar refractivity (Wildman–Crippen MR) is 86.1 cm³/mol. The van der Waals surface area contributed by atoms with Gasteiger partial charge in [0.15, 0.2) is 0 Å². The lowest BCUT2D eigenvalue weighted by Crippen LogP contribution is -2.36. The van der Waals surface area contributed by atoms with E-state index in [0.29, 0.717) is 6.54 Å². The van der Waals surface area contributed by atoms with E-state index in [2.05, 4.69) is 4.72 Å². The molecule has 0 spiro atoms. The van der Waals surface area contributed by atoms with E-state index >= 15 is 0 Å². The van der Waals surface area contributed by atoms with Gasteiger partial charge in [0, 0.05) is 12.0 Å². The van der Waals surface area contributed by atoms with Gasteiger partial charge < -0.3 is 0 Å². The summed E-state index contributed by atoms with van der Waals surface area (Å²) in [5.41, 5.74) is 0.766. The quantitative estimate of drug-likeness (QED) is 0.914. The van der Waals surface area contributed by atoms with Crippen molar-refractivity contribution in [1.82, 2.24) is 4.72 Å². The molecule has 0 fully saturated rings. The normalized spacial score (nSPS) is 12.3. The fourth-order valence-electron chi connectivity index (χ4n) is 2.01. The molecule has 0 heterocycles. The van der Waals surface area contributed by atoms with Gasteiger partial charge in [-0.3, -0.25) is 0 Å². The van der Waals surface area contributed by atoms with Crippen LogP contribution in [0.3, 0.4) is 0 Å². The van der Waals surface area contributed by atoms with E-state index in [1.54, 1.807) is 18.2 Å². The van der Waals surface area contributed by atoms with Crippen LogP contribution in [0.2, 0.25) is 5.02 Å². The van der Waals surface area contributed by atoms with Crippen LogP contribution in [0.25, 0.3) is 0 Å². The molecule has 112 valence electrons. The van der Waals surface area contributed by atoms with Crippen molar-refractivity contribution in [2.24, 2.45) is 0 Å².